The summed E-state index contributed by atoms with van der Waals surface area (Å²) in [5.41, 5.74) is 4.68. The van der Waals surface area contributed by atoms with Gasteiger partial charge in [0.15, 0.2) is 0 Å². The van der Waals surface area contributed by atoms with E-state index < -0.39 is 0 Å². The third kappa shape index (κ3) is 3.62. The minimum absolute atomic E-state index is 0.0131. The second kappa shape index (κ2) is 8.01. The van der Waals surface area contributed by atoms with E-state index in [-0.39, 0.29) is 11.9 Å². The molecule has 6 heteroatoms. The molecule has 3 aromatic rings. The van der Waals surface area contributed by atoms with Crippen LogP contribution in [-0.2, 0) is 6.54 Å². The number of amides is 1. The molecule has 2 aliphatic rings. The molecular formula is C25H25N5O. The van der Waals surface area contributed by atoms with E-state index in [1.54, 1.807) is 12.3 Å². The van der Waals surface area contributed by atoms with Crippen LogP contribution in [0.2, 0.25) is 0 Å². The van der Waals surface area contributed by atoms with Crippen LogP contribution in [0.25, 0.3) is 0 Å². The van der Waals surface area contributed by atoms with Crippen LogP contribution in [0, 0.1) is 30.1 Å². The maximum Gasteiger partial charge on any atom is 0.272 e. The highest BCUT2D eigenvalue weighted by atomic mass is 16.2. The SMILES string of the molecule is Cc1ccccc1[C@H]1[C@H]2CN(Cc3c[nH]c(C#N)c3)C[C@H]2CN1C(=O)c1ccccn1. The summed E-state index contributed by atoms with van der Waals surface area (Å²) in [7, 11) is 0. The van der Waals surface area contributed by atoms with Crippen LogP contribution in [0.4, 0.5) is 0 Å². The zero-order valence-electron chi connectivity index (χ0n) is 17.5. The Balaban J connectivity index is 1.42. The normalized spacial score (nSPS) is 23.0. The Morgan fingerprint density at radius 1 is 1.19 bits per heavy atom. The first-order chi connectivity index (χ1) is 15.1. The highest BCUT2D eigenvalue weighted by Gasteiger charge is 2.49. The van der Waals surface area contributed by atoms with Gasteiger partial charge in [0.1, 0.15) is 17.5 Å². The van der Waals surface area contributed by atoms with Gasteiger partial charge in [-0.25, -0.2) is 0 Å². The number of nitriles is 1. The maximum absolute atomic E-state index is 13.4. The maximum atomic E-state index is 13.4. The number of H-pyrrole nitrogens is 1. The van der Waals surface area contributed by atoms with Crippen LogP contribution in [0.15, 0.2) is 60.9 Å². The summed E-state index contributed by atoms with van der Waals surface area (Å²) in [6, 6.07) is 18.0. The highest BCUT2D eigenvalue weighted by molar-refractivity contribution is 5.92. The summed E-state index contributed by atoms with van der Waals surface area (Å²) >= 11 is 0. The smallest absolute Gasteiger partial charge is 0.272 e. The molecule has 1 amide bonds. The Bertz CT molecular complexity index is 1130. The average molecular weight is 412 g/mol. The largest absolute Gasteiger partial charge is 0.353 e. The number of likely N-dealkylation sites (tertiary alicyclic amines) is 2. The Hall–Kier alpha value is -3.43. The van der Waals surface area contributed by atoms with Crippen LogP contribution in [-0.4, -0.2) is 45.3 Å². The molecule has 1 N–H and O–H groups in total. The molecule has 4 heterocycles. The molecule has 0 saturated carbocycles. The fourth-order valence-corrected chi connectivity index (χ4v) is 5.28. The van der Waals surface area contributed by atoms with Crippen LogP contribution < -0.4 is 0 Å². The van der Waals surface area contributed by atoms with E-state index in [4.69, 9.17) is 5.26 Å². The second-order valence-corrected chi connectivity index (χ2v) is 8.63. The molecule has 2 aliphatic heterocycles. The van der Waals surface area contributed by atoms with Gasteiger partial charge >= 0.3 is 0 Å². The third-order valence-corrected chi connectivity index (χ3v) is 6.66. The van der Waals surface area contributed by atoms with Gasteiger partial charge in [-0.05, 0) is 47.7 Å². The van der Waals surface area contributed by atoms with Gasteiger partial charge in [-0.2, -0.15) is 5.26 Å². The summed E-state index contributed by atoms with van der Waals surface area (Å²) < 4.78 is 0. The number of hydrogen-bond acceptors (Lipinski definition) is 4. The number of aromatic amines is 1. The number of benzene rings is 1. The minimum Gasteiger partial charge on any atom is -0.353 e. The van der Waals surface area contributed by atoms with Crippen LogP contribution in [0.3, 0.4) is 0 Å². The van der Waals surface area contributed by atoms with Gasteiger partial charge in [0.2, 0.25) is 0 Å². The number of aromatic nitrogens is 2. The zero-order valence-corrected chi connectivity index (χ0v) is 17.5. The number of hydrogen-bond donors (Lipinski definition) is 1. The molecule has 2 aromatic heterocycles. The molecule has 1 aromatic carbocycles. The van der Waals surface area contributed by atoms with Crippen molar-refractivity contribution in [3.63, 3.8) is 0 Å². The van der Waals surface area contributed by atoms with Crippen molar-refractivity contribution >= 4 is 5.91 Å². The van der Waals surface area contributed by atoms with Gasteiger partial charge in [-0.3, -0.25) is 14.7 Å². The van der Waals surface area contributed by atoms with E-state index >= 15 is 0 Å². The third-order valence-electron chi connectivity index (χ3n) is 6.66. The van der Waals surface area contributed by atoms with Crippen LogP contribution in [0.1, 0.15) is 38.9 Å². The minimum atomic E-state index is 0.0131. The van der Waals surface area contributed by atoms with Gasteiger partial charge < -0.3 is 9.88 Å². The molecular weight excluding hydrogens is 386 g/mol. The van der Waals surface area contributed by atoms with Crippen molar-refractivity contribution < 1.29 is 4.79 Å². The van der Waals surface area contributed by atoms with E-state index in [9.17, 15) is 4.79 Å². The summed E-state index contributed by atoms with van der Waals surface area (Å²) in [6.07, 6.45) is 3.60. The predicted molar refractivity (Wildman–Crippen MR) is 117 cm³/mol. The molecule has 0 bridgehead atoms. The Morgan fingerprint density at radius 2 is 2.03 bits per heavy atom. The number of aryl methyl sites for hydroxylation is 1. The average Bonchev–Trinajstić information content (AvgIpc) is 3.49. The molecule has 0 aliphatic carbocycles. The highest BCUT2D eigenvalue weighted by Crippen LogP contribution is 2.46. The number of nitrogens with one attached hydrogen (secondary N) is 1. The van der Waals surface area contributed by atoms with E-state index in [1.165, 1.54) is 11.1 Å². The summed E-state index contributed by atoms with van der Waals surface area (Å²) in [5, 5.41) is 9.07. The fourth-order valence-electron chi connectivity index (χ4n) is 5.28. The second-order valence-electron chi connectivity index (χ2n) is 8.63. The Morgan fingerprint density at radius 3 is 2.77 bits per heavy atom. The van der Waals surface area contributed by atoms with Gasteiger partial charge in [0.05, 0.1) is 6.04 Å². The standard InChI is InChI=1S/C25H25N5O/c1-17-6-2-3-7-21(17)24-22-16-29(13-18-10-20(11-26)28-12-18)14-19(22)15-30(24)25(31)23-8-4-5-9-27-23/h2-10,12,19,22,24,28H,13-16H2,1H3/t19-,22-,24-/m0/s1. The summed E-state index contributed by atoms with van der Waals surface area (Å²) in [4.78, 5) is 25.2. The lowest BCUT2D eigenvalue weighted by Gasteiger charge is -2.30. The van der Waals surface area contributed by atoms with Crippen molar-refractivity contribution in [2.24, 2.45) is 11.8 Å². The molecule has 31 heavy (non-hydrogen) atoms. The molecule has 5 rings (SSSR count). The molecule has 0 radical (unpaired) electrons. The molecule has 2 saturated heterocycles. The molecule has 3 atom stereocenters. The number of rotatable bonds is 4. The fraction of sp³-hybridized carbons (Fsp3) is 0.320. The van der Waals surface area contributed by atoms with E-state index in [0.717, 1.165) is 31.7 Å². The topological polar surface area (TPSA) is 76.0 Å². The molecule has 0 spiro atoms. The van der Waals surface area contributed by atoms with Crippen molar-refractivity contribution in [1.29, 1.82) is 5.26 Å². The van der Waals surface area contributed by atoms with Gasteiger partial charge in [-0.1, -0.05) is 30.3 Å². The van der Waals surface area contributed by atoms with Crippen molar-refractivity contribution in [2.75, 3.05) is 19.6 Å². The summed E-state index contributed by atoms with van der Waals surface area (Å²) in [5.74, 6) is 0.814. The lowest BCUT2D eigenvalue weighted by Crippen LogP contribution is -2.36. The van der Waals surface area contributed by atoms with Gasteiger partial charge in [-0.15, -0.1) is 0 Å². The van der Waals surface area contributed by atoms with Crippen molar-refractivity contribution in [2.45, 2.75) is 19.5 Å². The zero-order chi connectivity index (χ0) is 21.4. The van der Waals surface area contributed by atoms with Gasteiger partial charge in [0.25, 0.3) is 5.91 Å². The van der Waals surface area contributed by atoms with E-state index in [1.807, 2.05) is 29.3 Å². The molecule has 0 unspecified atom stereocenters. The monoisotopic (exact) mass is 411 g/mol. The number of carbonyl (C=O) groups is 1. The van der Waals surface area contributed by atoms with Crippen molar-refractivity contribution in [3.05, 3.63) is 89.0 Å². The number of nitrogens with zero attached hydrogens (tertiary/aromatic N) is 4. The number of carbonyl (C=O) groups excluding carboxylic acids is 1. The first-order valence-corrected chi connectivity index (χ1v) is 10.7. The lowest BCUT2D eigenvalue weighted by atomic mass is 9.87. The molecule has 2 fully saturated rings. The Kier molecular flexibility index (Phi) is 5.05. The summed E-state index contributed by atoms with van der Waals surface area (Å²) in [6.45, 7) is 5.57. The first kappa shape index (κ1) is 19.5. The molecule has 156 valence electrons. The Labute approximate surface area is 182 Å². The number of fused-ring (bicyclic) bond motifs is 1. The lowest BCUT2D eigenvalue weighted by molar-refractivity contribution is 0.0693. The van der Waals surface area contributed by atoms with Crippen LogP contribution in [0.5, 0.6) is 0 Å². The van der Waals surface area contributed by atoms with Crippen LogP contribution >= 0.6 is 0 Å². The van der Waals surface area contributed by atoms with Crippen molar-refractivity contribution in [3.8, 4) is 6.07 Å². The first-order valence-electron chi connectivity index (χ1n) is 10.7. The van der Waals surface area contributed by atoms with E-state index in [2.05, 4.69) is 52.1 Å². The molecule has 6 nitrogen and oxygen atoms in total. The number of pyridine rings is 1. The van der Waals surface area contributed by atoms with Gasteiger partial charge in [0, 0.05) is 44.5 Å². The van der Waals surface area contributed by atoms with E-state index in [0.29, 0.717) is 23.2 Å². The van der Waals surface area contributed by atoms with Crippen molar-refractivity contribution in [1.82, 2.24) is 19.8 Å². The predicted octanol–water partition coefficient (Wildman–Crippen LogP) is 3.54. The quantitative estimate of drug-likeness (QED) is 0.713.